The van der Waals surface area contributed by atoms with Crippen LogP contribution >= 0.6 is 0 Å². The van der Waals surface area contributed by atoms with Crippen molar-refractivity contribution in [3.8, 4) is 0 Å². The predicted molar refractivity (Wildman–Crippen MR) is 118 cm³/mol. The number of rotatable bonds is 10. The molecule has 2 heterocycles. The number of anilines is 2. The highest BCUT2D eigenvalue weighted by Gasteiger charge is 2.29. The van der Waals surface area contributed by atoms with Crippen LogP contribution in [0.1, 0.15) is 56.9 Å². The largest absolute Gasteiger partial charge is 0.481 e. The average Bonchev–Trinajstić information content (AvgIpc) is 3.14. The first-order valence-electron chi connectivity index (χ1n) is 10.9. The lowest BCUT2D eigenvalue weighted by Crippen LogP contribution is -2.44. The topological polar surface area (TPSA) is 197 Å². The summed E-state index contributed by atoms with van der Waals surface area (Å²) in [6.07, 6.45) is 7.50. The predicted octanol–water partition coefficient (Wildman–Crippen LogP) is 1.69. The molecule has 11 heteroatoms. The highest BCUT2D eigenvalue weighted by atomic mass is 16.4. The van der Waals surface area contributed by atoms with Crippen molar-refractivity contribution in [1.29, 1.82) is 0 Å². The van der Waals surface area contributed by atoms with Gasteiger partial charge >= 0.3 is 11.9 Å². The molecule has 1 amide bonds. The number of H-pyrrole nitrogens is 1. The third kappa shape index (κ3) is 5.86. The highest BCUT2D eigenvalue weighted by molar-refractivity contribution is 5.90. The Morgan fingerprint density at radius 1 is 1.16 bits per heavy atom. The van der Waals surface area contributed by atoms with Crippen LogP contribution in [0, 0.1) is 11.8 Å². The summed E-state index contributed by atoms with van der Waals surface area (Å²) in [6.45, 7) is 0. The number of carbonyl (C=O) groups excluding carboxylic acids is 1. The maximum Gasteiger partial charge on any atom is 0.326 e. The molecule has 32 heavy (non-hydrogen) atoms. The van der Waals surface area contributed by atoms with Crippen molar-refractivity contribution >= 4 is 40.6 Å². The van der Waals surface area contributed by atoms with Crippen molar-refractivity contribution in [2.75, 3.05) is 11.5 Å². The monoisotopic (exact) mass is 446 g/mol. The number of hydrogen-bond donors (Lipinski definition) is 6. The molecule has 3 rings (SSSR count). The maximum absolute atomic E-state index is 12.5. The van der Waals surface area contributed by atoms with Crippen LogP contribution in [0.5, 0.6) is 0 Å². The van der Waals surface area contributed by atoms with Crippen molar-refractivity contribution < 1.29 is 24.6 Å². The van der Waals surface area contributed by atoms with E-state index in [-0.39, 0.29) is 30.6 Å². The molecule has 1 aliphatic carbocycles. The number of carboxylic acids is 2. The Bertz CT molecular complexity index is 982. The second-order valence-corrected chi connectivity index (χ2v) is 8.45. The van der Waals surface area contributed by atoms with Crippen molar-refractivity contribution in [2.24, 2.45) is 11.8 Å². The number of hydrogen-bond acceptors (Lipinski definition) is 7. The molecule has 11 nitrogen and oxygen atoms in total. The fraction of sp³-hybridized carbons (Fsp3) is 0.571. The minimum atomic E-state index is -1.21. The second kappa shape index (κ2) is 10.3. The Morgan fingerprint density at radius 3 is 2.53 bits per heavy atom. The van der Waals surface area contributed by atoms with E-state index in [0.29, 0.717) is 30.2 Å². The Morgan fingerprint density at radius 2 is 1.88 bits per heavy atom. The second-order valence-electron chi connectivity index (χ2n) is 8.45. The van der Waals surface area contributed by atoms with E-state index in [9.17, 15) is 19.5 Å². The lowest BCUT2D eigenvalue weighted by molar-refractivity contribution is -0.144. The van der Waals surface area contributed by atoms with Gasteiger partial charge in [-0.25, -0.2) is 4.79 Å². The zero-order valence-electron chi connectivity index (χ0n) is 17.8. The summed E-state index contributed by atoms with van der Waals surface area (Å²) >= 11 is 0. The third-order valence-electron chi connectivity index (χ3n) is 6.20. The summed E-state index contributed by atoms with van der Waals surface area (Å²) in [5.41, 5.74) is 13.3. The first kappa shape index (κ1) is 23.3. The zero-order chi connectivity index (χ0) is 23.3. The van der Waals surface area contributed by atoms with E-state index in [2.05, 4.69) is 20.3 Å². The van der Waals surface area contributed by atoms with Gasteiger partial charge in [0.05, 0.1) is 5.39 Å². The standard InChI is InChI=1S/C21H30N6O5/c22-17-16-13(10-24-18(16)27-21(23)26-17)3-1-2-11-4-6-12(7-5-11)19(30)25-14(20(31)32)8-9-15(28)29/h10-12,14H,1-9H2,(H,25,30)(H,28,29)(H,31,32)(H5,22,23,24,26,27)/t11?,12?,14-/m0/s1. The summed E-state index contributed by atoms with van der Waals surface area (Å²) in [5.74, 6) is -1.80. The van der Waals surface area contributed by atoms with E-state index in [1.54, 1.807) is 0 Å². The number of aliphatic carboxylic acids is 2. The normalized spacial score (nSPS) is 19.5. The van der Waals surface area contributed by atoms with E-state index in [1.807, 2.05) is 6.20 Å². The minimum absolute atomic E-state index is 0.123. The molecule has 1 fully saturated rings. The molecule has 1 saturated carbocycles. The van der Waals surface area contributed by atoms with E-state index in [1.165, 1.54) is 0 Å². The van der Waals surface area contributed by atoms with Crippen LogP contribution in [0.15, 0.2) is 6.20 Å². The van der Waals surface area contributed by atoms with Crippen molar-refractivity contribution in [2.45, 2.75) is 63.8 Å². The maximum atomic E-state index is 12.5. The van der Waals surface area contributed by atoms with Gasteiger partial charge < -0.3 is 32.0 Å². The fourth-order valence-corrected chi connectivity index (χ4v) is 4.45. The number of amides is 1. The first-order valence-corrected chi connectivity index (χ1v) is 10.9. The molecule has 0 radical (unpaired) electrons. The Hall–Kier alpha value is -3.37. The summed E-state index contributed by atoms with van der Waals surface area (Å²) in [6, 6.07) is -1.17. The molecular formula is C21H30N6O5. The summed E-state index contributed by atoms with van der Waals surface area (Å²) < 4.78 is 0. The molecule has 0 aliphatic heterocycles. The van der Waals surface area contributed by atoms with E-state index in [4.69, 9.17) is 16.6 Å². The lowest BCUT2D eigenvalue weighted by Gasteiger charge is -2.28. The molecule has 8 N–H and O–H groups in total. The van der Waals surface area contributed by atoms with E-state index >= 15 is 0 Å². The number of aryl methyl sites for hydroxylation is 1. The Balaban J connectivity index is 1.43. The molecule has 2 aromatic heterocycles. The van der Waals surface area contributed by atoms with E-state index in [0.717, 1.165) is 43.1 Å². The van der Waals surface area contributed by atoms with Crippen LogP contribution in [0.2, 0.25) is 0 Å². The molecule has 0 aromatic carbocycles. The summed E-state index contributed by atoms with van der Waals surface area (Å²) in [7, 11) is 0. The van der Waals surface area contributed by atoms with Gasteiger partial charge in [-0.15, -0.1) is 0 Å². The molecule has 174 valence electrons. The van der Waals surface area contributed by atoms with Gasteiger partial charge in [-0.2, -0.15) is 9.97 Å². The van der Waals surface area contributed by atoms with Crippen LogP contribution in [0.25, 0.3) is 11.0 Å². The molecule has 2 aromatic rings. The SMILES string of the molecule is Nc1nc(N)c2c(CCCC3CCC(C(=O)N[C@@H](CCC(=O)O)C(=O)O)CC3)c[nH]c2n1. The molecule has 0 unspecified atom stereocenters. The van der Waals surface area contributed by atoms with Crippen molar-refractivity contribution in [3.05, 3.63) is 11.8 Å². The fourth-order valence-electron chi connectivity index (χ4n) is 4.45. The number of carboxylic acid groups (broad SMARTS) is 2. The van der Waals surface area contributed by atoms with Crippen LogP contribution in [0.4, 0.5) is 11.8 Å². The van der Waals surface area contributed by atoms with Gasteiger partial charge in [-0.3, -0.25) is 9.59 Å². The number of nitrogens with two attached hydrogens (primary N) is 2. The Kier molecular flexibility index (Phi) is 7.49. The Labute approximate surface area is 185 Å². The van der Waals surface area contributed by atoms with Crippen LogP contribution in [-0.2, 0) is 20.8 Å². The number of aromatic amines is 1. The van der Waals surface area contributed by atoms with Crippen molar-refractivity contribution in [3.63, 3.8) is 0 Å². The zero-order valence-corrected chi connectivity index (χ0v) is 17.8. The van der Waals surface area contributed by atoms with Crippen LogP contribution in [0.3, 0.4) is 0 Å². The molecule has 0 saturated heterocycles. The number of carbonyl (C=O) groups is 3. The van der Waals surface area contributed by atoms with Gasteiger partial charge in [0.2, 0.25) is 11.9 Å². The average molecular weight is 447 g/mol. The number of nitrogens with zero attached hydrogens (tertiary/aromatic N) is 2. The van der Waals surface area contributed by atoms with Gasteiger partial charge in [0, 0.05) is 18.5 Å². The smallest absolute Gasteiger partial charge is 0.326 e. The number of aromatic nitrogens is 3. The summed E-state index contributed by atoms with van der Waals surface area (Å²) in [4.78, 5) is 45.7. The van der Waals surface area contributed by atoms with Gasteiger partial charge in [-0.05, 0) is 56.4 Å². The van der Waals surface area contributed by atoms with E-state index < -0.39 is 18.0 Å². The molecule has 0 spiro atoms. The summed E-state index contributed by atoms with van der Waals surface area (Å²) in [5, 5.41) is 21.3. The lowest BCUT2D eigenvalue weighted by atomic mass is 9.79. The molecule has 1 aliphatic rings. The minimum Gasteiger partial charge on any atom is -0.481 e. The molecular weight excluding hydrogens is 416 g/mol. The van der Waals surface area contributed by atoms with Crippen molar-refractivity contribution in [1.82, 2.24) is 20.3 Å². The first-order chi connectivity index (χ1) is 15.2. The van der Waals surface area contributed by atoms with Gasteiger partial charge in [0.15, 0.2) is 0 Å². The number of nitrogens with one attached hydrogen (secondary N) is 2. The number of fused-ring (bicyclic) bond motifs is 1. The highest BCUT2D eigenvalue weighted by Crippen LogP contribution is 2.33. The third-order valence-corrected chi connectivity index (χ3v) is 6.20. The van der Waals surface area contributed by atoms with Crippen LogP contribution in [-0.4, -0.2) is 49.1 Å². The number of nitrogen functional groups attached to an aromatic ring is 2. The van der Waals surface area contributed by atoms with Crippen LogP contribution < -0.4 is 16.8 Å². The van der Waals surface area contributed by atoms with Gasteiger partial charge in [0.1, 0.15) is 17.5 Å². The molecule has 0 bridgehead atoms. The molecule has 1 atom stereocenters. The quantitative estimate of drug-likeness (QED) is 0.314. The van der Waals surface area contributed by atoms with Gasteiger partial charge in [0.25, 0.3) is 0 Å². The van der Waals surface area contributed by atoms with Gasteiger partial charge in [-0.1, -0.05) is 6.42 Å².